The second-order valence-corrected chi connectivity index (χ2v) is 4.39. The SMILES string of the molecule is O=C(C(O)c1cc2ccccc2[nH]1)N1CCC1. The van der Waals surface area contributed by atoms with Gasteiger partial charge in [0.25, 0.3) is 5.91 Å². The van der Waals surface area contributed by atoms with Gasteiger partial charge in [-0.25, -0.2) is 0 Å². The van der Waals surface area contributed by atoms with Crippen LogP contribution in [0.3, 0.4) is 0 Å². The number of benzene rings is 1. The van der Waals surface area contributed by atoms with Crippen LogP contribution in [0.25, 0.3) is 10.9 Å². The number of rotatable bonds is 2. The molecule has 1 aromatic carbocycles. The van der Waals surface area contributed by atoms with Gasteiger partial charge in [-0.3, -0.25) is 4.79 Å². The fourth-order valence-corrected chi connectivity index (χ4v) is 2.09. The molecule has 1 aliphatic heterocycles. The molecule has 1 aromatic heterocycles. The van der Waals surface area contributed by atoms with E-state index >= 15 is 0 Å². The summed E-state index contributed by atoms with van der Waals surface area (Å²) >= 11 is 0. The lowest BCUT2D eigenvalue weighted by Gasteiger charge is -2.32. The van der Waals surface area contributed by atoms with Gasteiger partial charge in [-0.15, -0.1) is 0 Å². The quantitative estimate of drug-likeness (QED) is 0.820. The summed E-state index contributed by atoms with van der Waals surface area (Å²) in [6, 6.07) is 9.57. The van der Waals surface area contributed by atoms with E-state index in [0.29, 0.717) is 5.69 Å². The average Bonchev–Trinajstić information content (AvgIpc) is 2.68. The normalized spacial score (nSPS) is 16.9. The molecule has 1 amide bonds. The van der Waals surface area contributed by atoms with Gasteiger partial charge in [0.2, 0.25) is 0 Å². The molecule has 0 radical (unpaired) electrons. The van der Waals surface area contributed by atoms with Crippen LogP contribution in [0, 0.1) is 0 Å². The number of likely N-dealkylation sites (tertiary alicyclic amines) is 1. The van der Waals surface area contributed by atoms with E-state index in [-0.39, 0.29) is 5.91 Å². The zero-order valence-corrected chi connectivity index (χ0v) is 9.39. The first-order valence-electron chi connectivity index (χ1n) is 5.80. The molecule has 4 heteroatoms. The van der Waals surface area contributed by atoms with Crippen molar-refractivity contribution in [3.8, 4) is 0 Å². The summed E-state index contributed by atoms with van der Waals surface area (Å²) in [6.45, 7) is 1.52. The largest absolute Gasteiger partial charge is 0.377 e. The lowest BCUT2D eigenvalue weighted by molar-refractivity contribution is -0.144. The van der Waals surface area contributed by atoms with Crippen molar-refractivity contribution in [2.45, 2.75) is 12.5 Å². The number of hydrogen-bond acceptors (Lipinski definition) is 2. The maximum atomic E-state index is 11.9. The van der Waals surface area contributed by atoms with Crippen LogP contribution >= 0.6 is 0 Å². The number of nitrogens with zero attached hydrogens (tertiary/aromatic N) is 1. The molecular formula is C13H14N2O2. The Bertz CT molecular complexity index is 524. The Kier molecular flexibility index (Phi) is 2.37. The van der Waals surface area contributed by atoms with Crippen LogP contribution in [0.15, 0.2) is 30.3 Å². The summed E-state index contributed by atoms with van der Waals surface area (Å²) in [5.41, 5.74) is 1.51. The van der Waals surface area contributed by atoms with E-state index in [2.05, 4.69) is 4.98 Å². The molecule has 2 aromatic rings. The van der Waals surface area contributed by atoms with Crippen LogP contribution in [-0.4, -0.2) is 34.0 Å². The number of aliphatic hydroxyl groups is 1. The third kappa shape index (κ3) is 1.70. The highest BCUT2D eigenvalue weighted by atomic mass is 16.3. The fraction of sp³-hybridized carbons (Fsp3) is 0.308. The van der Waals surface area contributed by atoms with Crippen molar-refractivity contribution in [1.29, 1.82) is 0 Å². The first-order valence-corrected chi connectivity index (χ1v) is 5.80. The molecule has 0 bridgehead atoms. The first-order chi connectivity index (χ1) is 8.25. The first kappa shape index (κ1) is 10.4. The zero-order valence-electron chi connectivity index (χ0n) is 9.39. The molecule has 2 N–H and O–H groups in total. The molecule has 88 valence electrons. The minimum atomic E-state index is -1.07. The standard InChI is InChI=1S/C13H14N2O2/c16-12(13(17)15-6-3-7-15)11-8-9-4-1-2-5-10(9)14-11/h1-2,4-5,8,12,14,16H,3,6-7H2. The number of para-hydroxylation sites is 1. The maximum Gasteiger partial charge on any atom is 0.257 e. The number of carbonyl (C=O) groups excluding carboxylic acids is 1. The average molecular weight is 230 g/mol. The highest BCUT2D eigenvalue weighted by Crippen LogP contribution is 2.22. The number of nitrogens with one attached hydrogen (secondary N) is 1. The molecule has 3 rings (SSSR count). The van der Waals surface area contributed by atoms with Crippen LogP contribution in [-0.2, 0) is 4.79 Å². The predicted octanol–water partition coefficient (Wildman–Crippen LogP) is 1.43. The molecule has 0 saturated carbocycles. The van der Waals surface area contributed by atoms with Gasteiger partial charge >= 0.3 is 0 Å². The summed E-state index contributed by atoms with van der Waals surface area (Å²) in [5, 5.41) is 11.0. The molecule has 1 unspecified atom stereocenters. The topological polar surface area (TPSA) is 56.3 Å². The van der Waals surface area contributed by atoms with Gasteiger partial charge in [0.1, 0.15) is 0 Å². The molecule has 1 saturated heterocycles. The number of aromatic amines is 1. The second-order valence-electron chi connectivity index (χ2n) is 4.39. The summed E-state index contributed by atoms with van der Waals surface area (Å²) in [6.07, 6.45) is -0.0340. The fourth-order valence-electron chi connectivity index (χ4n) is 2.09. The molecule has 1 fully saturated rings. The molecule has 2 heterocycles. The predicted molar refractivity (Wildman–Crippen MR) is 64.5 cm³/mol. The molecule has 1 atom stereocenters. The number of fused-ring (bicyclic) bond motifs is 1. The van der Waals surface area contributed by atoms with Crippen LogP contribution in [0.5, 0.6) is 0 Å². The van der Waals surface area contributed by atoms with Crippen molar-refractivity contribution in [2.24, 2.45) is 0 Å². The summed E-state index contributed by atoms with van der Waals surface area (Å²) in [5.74, 6) is -0.206. The van der Waals surface area contributed by atoms with Gasteiger partial charge in [-0.1, -0.05) is 18.2 Å². The van der Waals surface area contributed by atoms with Crippen LogP contribution in [0.1, 0.15) is 18.2 Å². The van der Waals surface area contributed by atoms with Crippen molar-refractivity contribution in [2.75, 3.05) is 13.1 Å². The van der Waals surface area contributed by atoms with E-state index in [1.807, 2.05) is 30.3 Å². The minimum absolute atomic E-state index is 0.206. The van der Waals surface area contributed by atoms with Crippen molar-refractivity contribution in [1.82, 2.24) is 9.88 Å². The molecule has 17 heavy (non-hydrogen) atoms. The Morgan fingerprint density at radius 3 is 2.76 bits per heavy atom. The number of hydrogen-bond donors (Lipinski definition) is 2. The summed E-state index contributed by atoms with van der Waals surface area (Å²) in [4.78, 5) is 16.6. The number of carbonyl (C=O) groups is 1. The third-order valence-corrected chi connectivity index (χ3v) is 3.25. The van der Waals surface area contributed by atoms with E-state index in [1.54, 1.807) is 4.90 Å². The Morgan fingerprint density at radius 2 is 2.12 bits per heavy atom. The third-order valence-electron chi connectivity index (χ3n) is 3.25. The van der Waals surface area contributed by atoms with Crippen LogP contribution in [0.2, 0.25) is 0 Å². The Balaban J connectivity index is 1.89. The highest BCUT2D eigenvalue weighted by molar-refractivity contribution is 5.86. The highest BCUT2D eigenvalue weighted by Gasteiger charge is 2.28. The lowest BCUT2D eigenvalue weighted by atomic mass is 10.1. The Labute approximate surface area is 98.9 Å². The number of aromatic nitrogens is 1. The van der Waals surface area contributed by atoms with Crippen LogP contribution in [0.4, 0.5) is 0 Å². The molecular weight excluding hydrogens is 216 g/mol. The Hall–Kier alpha value is -1.81. The van der Waals surface area contributed by atoms with Gasteiger partial charge in [0.15, 0.2) is 6.10 Å². The van der Waals surface area contributed by atoms with Gasteiger partial charge < -0.3 is 15.0 Å². The van der Waals surface area contributed by atoms with Gasteiger partial charge in [0, 0.05) is 18.6 Å². The number of H-pyrrole nitrogens is 1. The minimum Gasteiger partial charge on any atom is -0.377 e. The van der Waals surface area contributed by atoms with E-state index < -0.39 is 6.10 Å². The summed E-state index contributed by atoms with van der Waals surface area (Å²) < 4.78 is 0. The lowest BCUT2D eigenvalue weighted by Crippen LogP contribution is -2.44. The number of amides is 1. The zero-order chi connectivity index (χ0) is 11.8. The van der Waals surface area contributed by atoms with Crippen LogP contribution < -0.4 is 0 Å². The number of aliphatic hydroxyl groups excluding tert-OH is 1. The van der Waals surface area contributed by atoms with E-state index in [0.717, 1.165) is 30.4 Å². The Morgan fingerprint density at radius 1 is 1.35 bits per heavy atom. The van der Waals surface area contributed by atoms with Crippen molar-refractivity contribution in [3.63, 3.8) is 0 Å². The van der Waals surface area contributed by atoms with Crippen molar-refractivity contribution in [3.05, 3.63) is 36.0 Å². The molecule has 4 nitrogen and oxygen atoms in total. The second kappa shape index (κ2) is 3.89. The maximum absolute atomic E-state index is 11.9. The van der Waals surface area contributed by atoms with E-state index in [4.69, 9.17) is 0 Å². The van der Waals surface area contributed by atoms with Crippen molar-refractivity contribution >= 4 is 16.8 Å². The smallest absolute Gasteiger partial charge is 0.257 e. The summed E-state index contributed by atoms with van der Waals surface area (Å²) in [7, 11) is 0. The molecule has 0 aliphatic carbocycles. The van der Waals surface area contributed by atoms with Gasteiger partial charge in [-0.05, 0) is 23.9 Å². The van der Waals surface area contributed by atoms with Gasteiger partial charge in [-0.2, -0.15) is 0 Å². The molecule has 0 spiro atoms. The molecule has 1 aliphatic rings. The van der Waals surface area contributed by atoms with Gasteiger partial charge in [0.05, 0.1) is 5.69 Å². The van der Waals surface area contributed by atoms with Crippen molar-refractivity contribution < 1.29 is 9.90 Å². The van der Waals surface area contributed by atoms with E-state index in [9.17, 15) is 9.90 Å². The van der Waals surface area contributed by atoms with E-state index in [1.165, 1.54) is 0 Å². The monoisotopic (exact) mass is 230 g/mol.